The molecule has 2 fully saturated rings. The average molecular weight is 384 g/mol. The predicted octanol–water partition coefficient (Wildman–Crippen LogP) is -4.83. The van der Waals surface area contributed by atoms with E-state index in [1.807, 2.05) is 0 Å². The second kappa shape index (κ2) is 8.84. The summed E-state index contributed by atoms with van der Waals surface area (Å²) >= 11 is 0. The molecular formula is C14H24O12. The van der Waals surface area contributed by atoms with E-state index in [9.17, 15) is 40.5 Å². The maximum Gasteiger partial charge on any atom is 0.302 e. The van der Waals surface area contributed by atoms with Gasteiger partial charge in [0.15, 0.2) is 12.6 Å². The maximum absolute atomic E-state index is 10.9. The molecule has 2 aliphatic rings. The van der Waals surface area contributed by atoms with Gasteiger partial charge in [0.05, 0.1) is 6.61 Å². The largest absolute Gasteiger partial charge is 0.463 e. The molecule has 0 bridgehead atoms. The van der Waals surface area contributed by atoms with Crippen molar-refractivity contribution in [2.24, 2.45) is 0 Å². The summed E-state index contributed by atoms with van der Waals surface area (Å²) in [6.45, 7) is -0.00621. The first-order valence-electron chi connectivity index (χ1n) is 7.96. The molecule has 0 aliphatic carbocycles. The molecule has 0 unspecified atom stereocenters. The molecule has 0 aromatic carbocycles. The van der Waals surface area contributed by atoms with E-state index in [1.165, 1.54) is 0 Å². The second-order valence-corrected chi connectivity index (χ2v) is 6.15. The van der Waals surface area contributed by atoms with Crippen molar-refractivity contribution < 1.29 is 59.5 Å². The first-order valence-corrected chi connectivity index (χ1v) is 7.96. The molecule has 2 heterocycles. The van der Waals surface area contributed by atoms with Gasteiger partial charge in [0.2, 0.25) is 0 Å². The SMILES string of the molecule is CC(=O)OC[C@H]1O[C@@H](O[C@H]2[C@H](O)[C@@H](O)[C@H](O)O[C@@H]2CO)[C@H](O)[C@@H](O)[C@@H]1O. The molecule has 0 aromatic heterocycles. The third kappa shape index (κ3) is 4.48. The van der Waals surface area contributed by atoms with Gasteiger partial charge in [0.25, 0.3) is 0 Å². The standard InChI is InChI=1S/C14H24O12/c1-4(16)23-3-6-7(17)8(18)11(21)14(25-6)26-12-5(2-15)24-13(22)10(20)9(12)19/h5-15,17-22H,2-3H2,1H3/t5-,6-,7-,8+,9-,10-,11-,12-,13-,14+/m1/s1. The van der Waals surface area contributed by atoms with Gasteiger partial charge in [0.1, 0.15) is 55.4 Å². The van der Waals surface area contributed by atoms with Crippen molar-refractivity contribution >= 4 is 5.97 Å². The molecule has 2 rings (SSSR count). The molecule has 2 aliphatic heterocycles. The van der Waals surface area contributed by atoms with Crippen LogP contribution in [0.4, 0.5) is 0 Å². The number of rotatable bonds is 5. The first kappa shape index (κ1) is 21.4. The zero-order valence-electron chi connectivity index (χ0n) is 13.9. The van der Waals surface area contributed by atoms with Crippen LogP contribution < -0.4 is 0 Å². The Labute approximate surface area is 148 Å². The number of carbonyl (C=O) groups excluding carboxylic acids is 1. The minimum atomic E-state index is -1.76. The molecule has 152 valence electrons. The fourth-order valence-corrected chi connectivity index (χ4v) is 2.76. The molecule has 10 atom stereocenters. The molecule has 0 spiro atoms. The van der Waals surface area contributed by atoms with E-state index in [-0.39, 0.29) is 0 Å². The number of esters is 1. The second-order valence-electron chi connectivity index (χ2n) is 6.15. The van der Waals surface area contributed by atoms with Crippen LogP contribution in [0.5, 0.6) is 0 Å². The summed E-state index contributed by atoms with van der Waals surface area (Å²) in [6, 6.07) is 0. The summed E-state index contributed by atoms with van der Waals surface area (Å²) in [4.78, 5) is 10.9. The number of hydrogen-bond donors (Lipinski definition) is 7. The Kier molecular flexibility index (Phi) is 7.27. The van der Waals surface area contributed by atoms with Gasteiger partial charge in [-0.15, -0.1) is 0 Å². The third-order valence-corrected chi connectivity index (χ3v) is 4.25. The summed E-state index contributed by atoms with van der Waals surface area (Å²) in [5, 5.41) is 68.4. The summed E-state index contributed by atoms with van der Waals surface area (Å²) in [5.41, 5.74) is 0. The Balaban J connectivity index is 2.10. The highest BCUT2D eigenvalue weighted by Crippen LogP contribution is 2.28. The van der Waals surface area contributed by atoms with Crippen molar-refractivity contribution in [3.8, 4) is 0 Å². The van der Waals surface area contributed by atoms with Crippen LogP contribution >= 0.6 is 0 Å². The highest BCUT2D eigenvalue weighted by molar-refractivity contribution is 5.65. The molecular weight excluding hydrogens is 360 g/mol. The Morgan fingerprint density at radius 1 is 0.885 bits per heavy atom. The lowest BCUT2D eigenvalue weighted by Gasteiger charge is -2.45. The van der Waals surface area contributed by atoms with Crippen LogP contribution in [-0.4, -0.2) is 116 Å². The molecule has 12 heteroatoms. The number of hydrogen-bond acceptors (Lipinski definition) is 12. The summed E-state index contributed by atoms with van der Waals surface area (Å²) < 4.78 is 20.3. The Morgan fingerprint density at radius 3 is 2.12 bits per heavy atom. The quantitative estimate of drug-likeness (QED) is 0.224. The van der Waals surface area contributed by atoms with E-state index in [4.69, 9.17) is 18.9 Å². The van der Waals surface area contributed by atoms with Gasteiger partial charge in [-0.1, -0.05) is 0 Å². The van der Waals surface area contributed by atoms with Crippen molar-refractivity contribution in [2.75, 3.05) is 13.2 Å². The topological polar surface area (TPSA) is 196 Å². The van der Waals surface area contributed by atoms with Gasteiger partial charge in [0, 0.05) is 6.92 Å². The van der Waals surface area contributed by atoms with Crippen molar-refractivity contribution in [1.82, 2.24) is 0 Å². The van der Waals surface area contributed by atoms with Crippen molar-refractivity contribution in [3.63, 3.8) is 0 Å². The van der Waals surface area contributed by atoms with Crippen LogP contribution in [0.15, 0.2) is 0 Å². The Bertz CT molecular complexity index is 473. The van der Waals surface area contributed by atoms with Gasteiger partial charge in [-0.2, -0.15) is 0 Å². The minimum absolute atomic E-state index is 0.436. The smallest absolute Gasteiger partial charge is 0.302 e. The lowest BCUT2D eigenvalue weighted by Crippen LogP contribution is -2.64. The normalized spacial score (nSPS) is 46.8. The number of aliphatic hydroxyl groups is 7. The molecule has 7 N–H and O–H groups in total. The number of carbonyl (C=O) groups is 1. The van der Waals surface area contributed by atoms with Gasteiger partial charge in [-0.05, 0) is 0 Å². The summed E-state index contributed by atoms with van der Waals surface area (Å²) in [7, 11) is 0. The summed E-state index contributed by atoms with van der Waals surface area (Å²) in [6.07, 6.45) is -15.8. The monoisotopic (exact) mass is 384 g/mol. The van der Waals surface area contributed by atoms with Crippen LogP contribution in [0, 0.1) is 0 Å². The molecule has 0 saturated carbocycles. The highest BCUT2D eigenvalue weighted by Gasteiger charge is 2.50. The lowest BCUT2D eigenvalue weighted by molar-refractivity contribution is -0.355. The third-order valence-electron chi connectivity index (χ3n) is 4.25. The van der Waals surface area contributed by atoms with Crippen molar-refractivity contribution in [1.29, 1.82) is 0 Å². The molecule has 12 nitrogen and oxygen atoms in total. The molecule has 26 heavy (non-hydrogen) atoms. The van der Waals surface area contributed by atoms with Crippen molar-refractivity contribution in [3.05, 3.63) is 0 Å². The Hall–Kier alpha value is -0.930. The summed E-state index contributed by atoms with van der Waals surface area (Å²) in [5.74, 6) is -0.660. The maximum atomic E-state index is 10.9. The lowest BCUT2D eigenvalue weighted by atomic mass is 9.97. The van der Waals surface area contributed by atoms with Crippen LogP contribution in [-0.2, 0) is 23.7 Å². The van der Waals surface area contributed by atoms with Gasteiger partial charge >= 0.3 is 5.97 Å². The van der Waals surface area contributed by atoms with Crippen LogP contribution in [0.3, 0.4) is 0 Å². The molecule has 0 aromatic rings. The zero-order valence-corrected chi connectivity index (χ0v) is 13.9. The van der Waals surface area contributed by atoms with E-state index in [1.54, 1.807) is 0 Å². The van der Waals surface area contributed by atoms with E-state index in [0.717, 1.165) is 6.92 Å². The van der Waals surface area contributed by atoms with E-state index in [2.05, 4.69) is 0 Å². The van der Waals surface area contributed by atoms with Gasteiger partial charge < -0.3 is 54.7 Å². The fourth-order valence-electron chi connectivity index (χ4n) is 2.76. The van der Waals surface area contributed by atoms with Crippen LogP contribution in [0.25, 0.3) is 0 Å². The van der Waals surface area contributed by atoms with Crippen LogP contribution in [0.1, 0.15) is 6.92 Å². The zero-order chi connectivity index (χ0) is 19.6. The Morgan fingerprint density at radius 2 is 1.54 bits per heavy atom. The fraction of sp³-hybridized carbons (Fsp3) is 0.929. The number of ether oxygens (including phenoxy) is 4. The van der Waals surface area contributed by atoms with Crippen LogP contribution in [0.2, 0.25) is 0 Å². The van der Waals surface area contributed by atoms with Gasteiger partial charge in [-0.25, -0.2) is 0 Å². The first-order chi connectivity index (χ1) is 12.2. The van der Waals surface area contributed by atoms with Gasteiger partial charge in [-0.3, -0.25) is 4.79 Å². The van der Waals surface area contributed by atoms with E-state index in [0.29, 0.717) is 0 Å². The van der Waals surface area contributed by atoms with E-state index < -0.39 is 80.6 Å². The molecule has 2 saturated heterocycles. The predicted molar refractivity (Wildman–Crippen MR) is 78.2 cm³/mol. The average Bonchev–Trinajstić information content (AvgIpc) is 2.60. The number of aliphatic hydroxyl groups excluding tert-OH is 7. The minimum Gasteiger partial charge on any atom is -0.463 e. The van der Waals surface area contributed by atoms with E-state index >= 15 is 0 Å². The highest BCUT2D eigenvalue weighted by atomic mass is 16.7. The molecule has 0 radical (unpaired) electrons. The molecule has 0 amide bonds. The van der Waals surface area contributed by atoms with Crippen molar-refractivity contribution in [2.45, 2.75) is 68.3 Å².